The highest BCUT2D eigenvalue weighted by molar-refractivity contribution is 5.83. The van der Waals surface area contributed by atoms with Crippen LogP contribution in [0, 0.1) is 11.3 Å². The quantitative estimate of drug-likeness (QED) is 0.733. The summed E-state index contributed by atoms with van der Waals surface area (Å²) in [5.41, 5.74) is 3.82. The summed E-state index contributed by atoms with van der Waals surface area (Å²) < 4.78 is 0. The van der Waals surface area contributed by atoms with Crippen LogP contribution in [0.3, 0.4) is 0 Å². The molecule has 4 heteroatoms. The molecule has 0 fully saturated rings. The van der Waals surface area contributed by atoms with Crippen molar-refractivity contribution >= 4 is 10.9 Å². The maximum Gasteiger partial charge on any atom is 0.161 e. The van der Waals surface area contributed by atoms with E-state index in [4.69, 9.17) is 5.26 Å². The van der Waals surface area contributed by atoms with Crippen molar-refractivity contribution in [2.75, 3.05) is 0 Å². The van der Waals surface area contributed by atoms with Crippen LogP contribution >= 0.6 is 0 Å². The molecular formula is C14H12N4. The van der Waals surface area contributed by atoms with E-state index in [1.807, 2.05) is 18.3 Å². The molecule has 0 saturated carbocycles. The molecule has 0 saturated heterocycles. The third-order valence-corrected chi connectivity index (χ3v) is 3.14. The Bertz CT molecular complexity index is 715. The molecule has 88 valence electrons. The summed E-state index contributed by atoms with van der Waals surface area (Å²) in [5, 5.41) is 10.1. The SMILES string of the molecule is N#Cc1nc[nH]c1CCc1c[nH]c2ccccc12. The highest BCUT2D eigenvalue weighted by Crippen LogP contribution is 2.19. The number of nitriles is 1. The van der Waals surface area contributed by atoms with Crippen molar-refractivity contribution in [3.8, 4) is 6.07 Å². The molecule has 0 aliphatic carbocycles. The van der Waals surface area contributed by atoms with E-state index < -0.39 is 0 Å². The average Bonchev–Trinajstić information content (AvgIpc) is 3.02. The van der Waals surface area contributed by atoms with E-state index in [0.29, 0.717) is 5.69 Å². The molecule has 3 aromatic rings. The van der Waals surface area contributed by atoms with Gasteiger partial charge in [0, 0.05) is 17.1 Å². The monoisotopic (exact) mass is 236 g/mol. The molecule has 18 heavy (non-hydrogen) atoms. The molecule has 0 amide bonds. The van der Waals surface area contributed by atoms with Gasteiger partial charge in [-0.1, -0.05) is 18.2 Å². The van der Waals surface area contributed by atoms with E-state index in [0.717, 1.165) is 24.1 Å². The zero-order valence-corrected chi connectivity index (χ0v) is 9.77. The molecule has 0 radical (unpaired) electrons. The van der Waals surface area contributed by atoms with Crippen molar-refractivity contribution in [3.63, 3.8) is 0 Å². The van der Waals surface area contributed by atoms with Gasteiger partial charge in [-0.2, -0.15) is 5.26 Å². The third kappa shape index (κ3) is 1.76. The van der Waals surface area contributed by atoms with E-state index in [9.17, 15) is 0 Å². The van der Waals surface area contributed by atoms with Gasteiger partial charge in [-0.15, -0.1) is 0 Å². The second kappa shape index (κ2) is 4.38. The Morgan fingerprint density at radius 1 is 1.17 bits per heavy atom. The number of rotatable bonds is 3. The standard InChI is InChI=1S/C14H12N4/c15-7-14-13(17-9-18-14)6-5-10-8-16-12-4-2-1-3-11(10)12/h1-4,8-9,16H,5-6H2,(H,17,18). The van der Waals surface area contributed by atoms with Gasteiger partial charge in [0.25, 0.3) is 0 Å². The second-order valence-corrected chi connectivity index (χ2v) is 4.20. The number of nitrogens with one attached hydrogen (secondary N) is 2. The topological polar surface area (TPSA) is 68.3 Å². The smallest absolute Gasteiger partial charge is 0.161 e. The fraction of sp³-hybridized carbons (Fsp3) is 0.143. The van der Waals surface area contributed by atoms with Gasteiger partial charge >= 0.3 is 0 Å². The number of H-pyrrole nitrogens is 2. The van der Waals surface area contributed by atoms with Crippen LogP contribution in [0.2, 0.25) is 0 Å². The van der Waals surface area contributed by atoms with Crippen molar-refractivity contribution in [3.05, 3.63) is 53.7 Å². The van der Waals surface area contributed by atoms with Crippen molar-refractivity contribution in [2.45, 2.75) is 12.8 Å². The number of nitrogens with zero attached hydrogens (tertiary/aromatic N) is 2. The number of benzene rings is 1. The Morgan fingerprint density at radius 2 is 2.06 bits per heavy atom. The average molecular weight is 236 g/mol. The maximum atomic E-state index is 8.90. The number of para-hydroxylation sites is 1. The van der Waals surface area contributed by atoms with Gasteiger partial charge in [-0.25, -0.2) is 4.98 Å². The fourth-order valence-corrected chi connectivity index (χ4v) is 2.21. The van der Waals surface area contributed by atoms with E-state index >= 15 is 0 Å². The highest BCUT2D eigenvalue weighted by Gasteiger charge is 2.07. The highest BCUT2D eigenvalue weighted by atomic mass is 14.9. The Labute approximate surface area is 104 Å². The van der Waals surface area contributed by atoms with Crippen LogP contribution in [-0.2, 0) is 12.8 Å². The van der Waals surface area contributed by atoms with Gasteiger partial charge in [0.1, 0.15) is 6.07 Å². The van der Waals surface area contributed by atoms with Crippen LogP contribution in [0.15, 0.2) is 36.8 Å². The molecule has 0 spiro atoms. The maximum absolute atomic E-state index is 8.90. The number of hydrogen-bond donors (Lipinski definition) is 2. The summed E-state index contributed by atoms with van der Waals surface area (Å²) in [6.45, 7) is 0. The molecule has 0 atom stereocenters. The lowest BCUT2D eigenvalue weighted by Crippen LogP contribution is -1.93. The molecule has 0 unspecified atom stereocenters. The van der Waals surface area contributed by atoms with Crippen molar-refractivity contribution < 1.29 is 0 Å². The first-order chi connectivity index (χ1) is 8.88. The van der Waals surface area contributed by atoms with Gasteiger partial charge in [0.2, 0.25) is 0 Å². The molecule has 2 aromatic heterocycles. The summed E-state index contributed by atoms with van der Waals surface area (Å²) in [5.74, 6) is 0. The minimum atomic E-state index is 0.495. The normalized spacial score (nSPS) is 10.6. The molecule has 0 aliphatic heterocycles. The summed E-state index contributed by atoms with van der Waals surface area (Å²) in [6, 6.07) is 10.3. The second-order valence-electron chi connectivity index (χ2n) is 4.20. The van der Waals surface area contributed by atoms with Crippen LogP contribution in [-0.4, -0.2) is 15.0 Å². The number of imidazole rings is 1. The van der Waals surface area contributed by atoms with E-state index in [1.165, 1.54) is 10.9 Å². The predicted octanol–water partition coefficient (Wildman–Crippen LogP) is 2.55. The van der Waals surface area contributed by atoms with E-state index in [1.54, 1.807) is 6.33 Å². The van der Waals surface area contributed by atoms with Crippen molar-refractivity contribution in [1.82, 2.24) is 15.0 Å². The lowest BCUT2D eigenvalue weighted by Gasteiger charge is -1.98. The predicted molar refractivity (Wildman–Crippen MR) is 69.0 cm³/mol. The van der Waals surface area contributed by atoms with Gasteiger partial charge in [0.15, 0.2) is 5.69 Å². The number of aromatic amines is 2. The van der Waals surface area contributed by atoms with Gasteiger partial charge < -0.3 is 9.97 Å². The summed E-state index contributed by atoms with van der Waals surface area (Å²) in [4.78, 5) is 10.3. The number of aryl methyl sites for hydroxylation is 2. The Kier molecular flexibility index (Phi) is 2.58. The van der Waals surface area contributed by atoms with E-state index in [-0.39, 0.29) is 0 Å². The van der Waals surface area contributed by atoms with E-state index in [2.05, 4.69) is 33.2 Å². The zero-order chi connectivity index (χ0) is 12.4. The summed E-state index contributed by atoms with van der Waals surface area (Å²) in [6.07, 6.45) is 5.29. The van der Waals surface area contributed by atoms with Crippen LogP contribution in [0.4, 0.5) is 0 Å². The van der Waals surface area contributed by atoms with Crippen LogP contribution in [0.1, 0.15) is 17.0 Å². The fourth-order valence-electron chi connectivity index (χ4n) is 2.21. The molecule has 2 heterocycles. The molecule has 0 bridgehead atoms. The Hall–Kier alpha value is -2.54. The molecule has 4 nitrogen and oxygen atoms in total. The molecular weight excluding hydrogens is 224 g/mol. The van der Waals surface area contributed by atoms with Crippen LogP contribution < -0.4 is 0 Å². The number of fused-ring (bicyclic) bond motifs is 1. The first-order valence-corrected chi connectivity index (χ1v) is 5.86. The van der Waals surface area contributed by atoms with Gasteiger partial charge in [-0.3, -0.25) is 0 Å². The minimum absolute atomic E-state index is 0.495. The third-order valence-electron chi connectivity index (χ3n) is 3.14. The molecule has 3 rings (SSSR count). The minimum Gasteiger partial charge on any atom is -0.361 e. The first-order valence-electron chi connectivity index (χ1n) is 5.86. The summed E-state index contributed by atoms with van der Waals surface area (Å²) in [7, 11) is 0. The lowest BCUT2D eigenvalue weighted by molar-refractivity contribution is 0.927. The Morgan fingerprint density at radius 3 is 2.94 bits per heavy atom. The molecule has 0 aliphatic rings. The zero-order valence-electron chi connectivity index (χ0n) is 9.77. The van der Waals surface area contributed by atoms with Crippen LogP contribution in [0.5, 0.6) is 0 Å². The number of aromatic nitrogens is 3. The first kappa shape index (κ1) is 10.6. The number of hydrogen-bond acceptors (Lipinski definition) is 2. The lowest BCUT2D eigenvalue weighted by atomic mass is 10.1. The van der Waals surface area contributed by atoms with Crippen molar-refractivity contribution in [2.24, 2.45) is 0 Å². The summed E-state index contributed by atoms with van der Waals surface area (Å²) >= 11 is 0. The largest absolute Gasteiger partial charge is 0.361 e. The van der Waals surface area contributed by atoms with Gasteiger partial charge in [-0.05, 0) is 24.5 Å². The van der Waals surface area contributed by atoms with Gasteiger partial charge in [0.05, 0.1) is 12.0 Å². The van der Waals surface area contributed by atoms with Crippen LogP contribution in [0.25, 0.3) is 10.9 Å². The molecule has 2 N–H and O–H groups in total. The Balaban J connectivity index is 1.84. The molecule has 1 aromatic carbocycles. The van der Waals surface area contributed by atoms with Crippen molar-refractivity contribution in [1.29, 1.82) is 5.26 Å².